The summed E-state index contributed by atoms with van der Waals surface area (Å²) in [7, 11) is 0. The second-order valence-electron chi connectivity index (χ2n) is 3.33. The zero-order valence-corrected chi connectivity index (χ0v) is 7.42. The second-order valence-corrected chi connectivity index (χ2v) is 3.33. The number of hydrogen-bond acceptors (Lipinski definition) is 0. The molecule has 0 nitrogen and oxygen atoms in total. The van der Waals surface area contributed by atoms with E-state index in [1.54, 1.807) is 0 Å². The fraction of sp³-hybridized carbons (Fsp3) is 0.636. The predicted octanol–water partition coefficient (Wildman–Crippen LogP) is 3.55. The molecule has 0 radical (unpaired) electrons. The van der Waals surface area contributed by atoms with Gasteiger partial charge in [-0.3, -0.25) is 0 Å². The molecule has 1 saturated carbocycles. The van der Waals surface area contributed by atoms with E-state index >= 15 is 0 Å². The summed E-state index contributed by atoms with van der Waals surface area (Å²) < 4.78 is 0. The topological polar surface area (TPSA) is 0 Å². The van der Waals surface area contributed by atoms with E-state index in [-0.39, 0.29) is 0 Å². The first-order chi connectivity index (χ1) is 5.38. The summed E-state index contributed by atoms with van der Waals surface area (Å²) in [4.78, 5) is 0. The Labute approximate surface area is 70.0 Å². The molecule has 11 heavy (non-hydrogen) atoms. The van der Waals surface area contributed by atoms with Gasteiger partial charge in [-0.1, -0.05) is 31.6 Å². The van der Waals surface area contributed by atoms with Crippen molar-refractivity contribution in [1.29, 1.82) is 0 Å². The van der Waals surface area contributed by atoms with Gasteiger partial charge in [0.25, 0.3) is 0 Å². The summed E-state index contributed by atoms with van der Waals surface area (Å²) in [5.41, 5.74) is 0. The standard InChI is InChI=1S/C11H18/c1-3-5-7-11-9-6-8-10(11)4-2/h4-5,7,10-11H,2-3,6,8-9H2,1H3/b7-5-/t10-,11+/m1/s1. The van der Waals surface area contributed by atoms with Crippen molar-refractivity contribution in [2.45, 2.75) is 32.6 Å². The van der Waals surface area contributed by atoms with Crippen molar-refractivity contribution in [2.75, 3.05) is 0 Å². The monoisotopic (exact) mass is 150 g/mol. The highest BCUT2D eigenvalue weighted by molar-refractivity contribution is 4.99. The van der Waals surface area contributed by atoms with Crippen LogP contribution >= 0.6 is 0 Å². The molecule has 0 spiro atoms. The predicted molar refractivity (Wildman–Crippen MR) is 50.5 cm³/mol. The van der Waals surface area contributed by atoms with Crippen LogP contribution in [-0.4, -0.2) is 0 Å². The average Bonchev–Trinajstić information content (AvgIpc) is 2.47. The molecule has 1 aliphatic rings. The first-order valence-electron chi connectivity index (χ1n) is 4.67. The highest BCUT2D eigenvalue weighted by atomic mass is 14.3. The molecular formula is C11H18. The van der Waals surface area contributed by atoms with Gasteiger partial charge in [0.15, 0.2) is 0 Å². The van der Waals surface area contributed by atoms with Gasteiger partial charge >= 0.3 is 0 Å². The molecule has 0 amide bonds. The molecule has 1 rings (SSSR count). The van der Waals surface area contributed by atoms with Gasteiger partial charge < -0.3 is 0 Å². The molecule has 1 aliphatic carbocycles. The molecule has 1 fully saturated rings. The van der Waals surface area contributed by atoms with Crippen molar-refractivity contribution in [2.24, 2.45) is 11.8 Å². The smallest absolute Gasteiger partial charge is 0.0171 e. The molecule has 0 N–H and O–H groups in total. The Morgan fingerprint density at radius 3 is 2.73 bits per heavy atom. The zero-order chi connectivity index (χ0) is 8.10. The van der Waals surface area contributed by atoms with Gasteiger partial charge in [-0.2, -0.15) is 0 Å². The highest BCUT2D eigenvalue weighted by Gasteiger charge is 2.21. The Morgan fingerprint density at radius 1 is 1.36 bits per heavy atom. The average molecular weight is 150 g/mol. The highest BCUT2D eigenvalue weighted by Crippen LogP contribution is 2.33. The normalized spacial score (nSPS) is 31.4. The molecule has 0 aromatic carbocycles. The Bertz CT molecular complexity index is 144. The van der Waals surface area contributed by atoms with Crippen LogP contribution in [0.1, 0.15) is 32.6 Å². The largest absolute Gasteiger partial charge is 0.103 e. The summed E-state index contributed by atoms with van der Waals surface area (Å²) in [5, 5.41) is 0. The van der Waals surface area contributed by atoms with E-state index in [1.807, 2.05) is 0 Å². The van der Waals surface area contributed by atoms with Crippen molar-refractivity contribution in [1.82, 2.24) is 0 Å². The van der Waals surface area contributed by atoms with Crippen LogP contribution in [0.2, 0.25) is 0 Å². The second kappa shape index (κ2) is 4.38. The van der Waals surface area contributed by atoms with E-state index in [4.69, 9.17) is 0 Å². The Hall–Kier alpha value is -0.520. The maximum absolute atomic E-state index is 3.87. The maximum Gasteiger partial charge on any atom is -0.0171 e. The van der Waals surface area contributed by atoms with Crippen LogP contribution in [0.25, 0.3) is 0 Å². The number of allylic oxidation sites excluding steroid dienone is 3. The number of rotatable bonds is 3. The Kier molecular flexibility index (Phi) is 3.41. The molecular weight excluding hydrogens is 132 g/mol. The minimum atomic E-state index is 0.762. The van der Waals surface area contributed by atoms with E-state index < -0.39 is 0 Å². The molecule has 0 bridgehead atoms. The van der Waals surface area contributed by atoms with Crippen LogP contribution in [0, 0.1) is 11.8 Å². The fourth-order valence-corrected chi connectivity index (χ4v) is 1.86. The quantitative estimate of drug-likeness (QED) is 0.540. The summed E-state index contributed by atoms with van der Waals surface area (Å²) in [5.74, 6) is 1.56. The van der Waals surface area contributed by atoms with E-state index in [0.717, 1.165) is 11.8 Å². The van der Waals surface area contributed by atoms with Crippen LogP contribution in [0.15, 0.2) is 24.8 Å². The molecule has 0 aromatic rings. The summed E-state index contributed by atoms with van der Waals surface area (Å²) in [6.45, 7) is 6.06. The fourth-order valence-electron chi connectivity index (χ4n) is 1.86. The van der Waals surface area contributed by atoms with Crippen molar-refractivity contribution in [3.63, 3.8) is 0 Å². The van der Waals surface area contributed by atoms with Crippen molar-refractivity contribution in [3.05, 3.63) is 24.8 Å². The van der Waals surface area contributed by atoms with Gasteiger partial charge in [-0.15, -0.1) is 6.58 Å². The molecule has 0 heterocycles. The van der Waals surface area contributed by atoms with Crippen molar-refractivity contribution in [3.8, 4) is 0 Å². The van der Waals surface area contributed by atoms with E-state index in [2.05, 4.69) is 31.7 Å². The van der Waals surface area contributed by atoms with Gasteiger partial charge in [-0.25, -0.2) is 0 Å². The third kappa shape index (κ3) is 2.21. The lowest BCUT2D eigenvalue weighted by atomic mass is 9.96. The molecule has 0 aromatic heterocycles. The minimum Gasteiger partial charge on any atom is -0.103 e. The van der Waals surface area contributed by atoms with E-state index in [1.165, 1.54) is 25.7 Å². The summed E-state index contributed by atoms with van der Waals surface area (Å²) in [6, 6.07) is 0. The first-order valence-corrected chi connectivity index (χ1v) is 4.67. The lowest BCUT2D eigenvalue weighted by Crippen LogP contribution is -2.00. The number of hydrogen-bond donors (Lipinski definition) is 0. The summed E-state index contributed by atoms with van der Waals surface area (Å²) >= 11 is 0. The van der Waals surface area contributed by atoms with Crippen molar-refractivity contribution < 1.29 is 0 Å². The van der Waals surface area contributed by atoms with E-state index in [9.17, 15) is 0 Å². The van der Waals surface area contributed by atoms with Gasteiger partial charge in [0, 0.05) is 0 Å². The first kappa shape index (κ1) is 8.58. The van der Waals surface area contributed by atoms with Crippen LogP contribution < -0.4 is 0 Å². The van der Waals surface area contributed by atoms with Crippen LogP contribution in [0.5, 0.6) is 0 Å². The molecule has 62 valence electrons. The lowest BCUT2D eigenvalue weighted by Gasteiger charge is -2.09. The maximum atomic E-state index is 3.87. The van der Waals surface area contributed by atoms with Crippen LogP contribution in [-0.2, 0) is 0 Å². The summed E-state index contributed by atoms with van der Waals surface area (Å²) in [6.07, 6.45) is 12.1. The zero-order valence-electron chi connectivity index (χ0n) is 7.42. The van der Waals surface area contributed by atoms with Crippen LogP contribution in [0.4, 0.5) is 0 Å². The molecule has 0 saturated heterocycles. The Balaban J connectivity index is 2.43. The van der Waals surface area contributed by atoms with Gasteiger partial charge in [0.2, 0.25) is 0 Å². The molecule has 0 unspecified atom stereocenters. The Morgan fingerprint density at radius 2 is 2.09 bits per heavy atom. The van der Waals surface area contributed by atoms with E-state index in [0.29, 0.717) is 0 Å². The van der Waals surface area contributed by atoms with Gasteiger partial charge in [-0.05, 0) is 31.1 Å². The van der Waals surface area contributed by atoms with Gasteiger partial charge in [0.05, 0.1) is 0 Å². The SMILES string of the molecule is C=C[C@@H]1CCC[C@@H]1/C=C\CC. The van der Waals surface area contributed by atoms with Crippen molar-refractivity contribution >= 4 is 0 Å². The van der Waals surface area contributed by atoms with Crippen LogP contribution in [0.3, 0.4) is 0 Å². The molecule has 0 heteroatoms. The third-order valence-corrected chi connectivity index (χ3v) is 2.55. The van der Waals surface area contributed by atoms with Gasteiger partial charge in [0.1, 0.15) is 0 Å². The minimum absolute atomic E-state index is 0.762. The molecule has 0 aliphatic heterocycles. The lowest BCUT2D eigenvalue weighted by molar-refractivity contribution is 0.558. The molecule has 2 atom stereocenters. The third-order valence-electron chi connectivity index (χ3n) is 2.55.